The van der Waals surface area contributed by atoms with Crippen molar-refractivity contribution >= 4 is 28.9 Å². The van der Waals surface area contributed by atoms with E-state index in [0.29, 0.717) is 23.7 Å². The van der Waals surface area contributed by atoms with Gasteiger partial charge in [-0.05, 0) is 55.3 Å². The van der Waals surface area contributed by atoms with Crippen molar-refractivity contribution in [2.45, 2.75) is 20.3 Å². The lowest BCUT2D eigenvalue weighted by molar-refractivity contribution is -0.115. The SMILES string of the molecule is COc1ccc(NCCC(=O)Nc2c(C)cc(C)cc2Cl)cc1. The van der Waals surface area contributed by atoms with Crippen molar-refractivity contribution in [3.8, 4) is 5.75 Å². The molecule has 2 aromatic rings. The van der Waals surface area contributed by atoms with Gasteiger partial charge in [-0.25, -0.2) is 0 Å². The number of carbonyl (C=O) groups is 1. The number of anilines is 2. The zero-order chi connectivity index (χ0) is 16.8. The minimum Gasteiger partial charge on any atom is -0.497 e. The van der Waals surface area contributed by atoms with Crippen molar-refractivity contribution < 1.29 is 9.53 Å². The van der Waals surface area contributed by atoms with E-state index in [1.165, 1.54) is 0 Å². The van der Waals surface area contributed by atoms with Gasteiger partial charge in [-0.15, -0.1) is 0 Å². The molecule has 1 amide bonds. The van der Waals surface area contributed by atoms with Gasteiger partial charge in [0.25, 0.3) is 0 Å². The highest BCUT2D eigenvalue weighted by atomic mass is 35.5. The fourth-order valence-corrected chi connectivity index (χ4v) is 2.67. The van der Waals surface area contributed by atoms with Crippen LogP contribution in [0.1, 0.15) is 17.5 Å². The quantitative estimate of drug-likeness (QED) is 0.824. The van der Waals surface area contributed by atoms with Gasteiger partial charge in [-0.1, -0.05) is 17.7 Å². The van der Waals surface area contributed by atoms with Crippen molar-refractivity contribution in [3.63, 3.8) is 0 Å². The average molecular weight is 333 g/mol. The molecule has 0 aliphatic carbocycles. The number of rotatable bonds is 6. The molecule has 0 aliphatic heterocycles. The van der Waals surface area contributed by atoms with Crippen LogP contribution in [0.2, 0.25) is 5.02 Å². The third kappa shape index (κ3) is 4.89. The fourth-order valence-electron chi connectivity index (χ4n) is 2.31. The minimum atomic E-state index is -0.0696. The first-order valence-corrected chi connectivity index (χ1v) is 7.82. The Bertz CT molecular complexity index is 661. The van der Waals surface area contributed by atoms with Crippen LogP contribution in [-0.2, 0) is 4.79 Å². The Kier molecular flexibility index (Phi) is 5.88. The lowest BCUT2D eigenvalue weighted by Crippen LogP contribution is -2.17. The highest BCUT2D eigenvalue weighted by Crippen LogP contribution is 2.27. The third-order valence-electron chi connectivity index (χ3n) is 3.47. The van der Waals surface area contributed by atoms with Gasteiger partial charge in [-0.2, -0.15) is 0 Å². The summed E-state index contributed by atoms with van der Waals surface area (Å²) in [6.07, 6.45) is 0.357. The van der Waals surface area contributed by atoms with Gasteiger partial charge in [0, 0.05) is 18.7 Å². The van der Waals surface area contributed by atoms with Gasteiger partial charge in [0.1, 0.15) is 5.75 Å². The minimum absolute atomic E-state index is 0.0696. The maximum absolute atomic E-state index is 12.1. The Labute approximate surface area is 141 Å². The van der Waals surface area contributed by atoms with E-state index in [-0.39, 0.29) is 5.91 Å². The van der Waals surface area contributed by atoms with Crippen LogP contribution in [0.15, 0.2) is 36.4 Å². The summed E-state index contributed by atoms with van der Waals surface area (Å²) in [6.45, 7) is 4.45. The molecule has 2 N–H and O–H groups in total. The summed E-state index contributed by atoms with van der Waals surface area (Å²) in [4.78, 5) is 12.1. The molecule has 0 heterocycles. The molecule has 0 aliphatic rings. The topological polar surface area (TPSA) is 50.4 Å². The Hall–Kier alpha value is -2.20. The zero-order valence-corrected chi connectivity index (χ0v) is 14.3. The first kappa shape index (κ1) is 17.2. The van der Waals surface area contributed by atoms with E-state index in [1.54, 1.807) is 7.11 Å². The molecule has 122 valence electrons. The number of ether oxygens (including phenoxy) is 1. The molecule has 0 aromatic heterocycles. The molecule has 0 spiro atoms. The predicted molar refractivity (Wildman–Crippen MR) is 95.7 cm³/mol. The first-order chi connectivity index (χ1) is 11.0. The molecule has 0 fully saturated rings. The smallest absolute Gasteiger partial charge is 0.226 e. The van der Waals surface area contributed by atoms with E-state index in [2.05, 4.69) is 10.6 Å². The van der Waals surface area contributed by atoms with E-state index in [0.717, 1.165) is 22.6 Å². The standard InChI is InChI=1S/C18H21ClN2O2/c1-12-10-13(2)18(16(19)11-12)21-17(22)8-9-20-14-4-6-15(23-3)7-5-14/h4-7,10-11,20H,8-9H2,1-3H3,(H,21,22). The van der Waals surface area contributed by atoms with Gasteiger partial charge in [0.2, 0.25) is 5.91 Å². The molecule has 0 unspecified atom stereocenters. The number of amides is 1. The molecule has 0 radical (unpaired) electrons. The molecule has 4 nitrogen and oxygen atoms in total. The van der Waals surface area contributed by atoms with Crippen LogP contribution in [0.5, 0.6) is 5.75 Å². The van der Waals surface area contributed by atoms with Crippen LogP contribution >= 0.6 is 11.6 Å². The molecule has 0 saturated carbocycles. The summed E-state index contributed by atoms with van der Waals surface area (Å²) < 4.78 is 5.10. The Balaban J connectivity index is 1.85. The van der Waals surface area contributed by atoms with Crippen LogP contribution in [0.3, 0.4) is 0 Å². The number of hydrogen-bond acceptors (Lipinski definition) is 3. The number of benzene rings is 2. The van der Waals surface area contributed by atoms with E-state index >= 15 is 0 Å². The van der Waals surface area contributed by atoms with Crippen molar-refractivity contribution in [1.29, 1.82) is 0 Å². The summed E-state index contributed by atoms with van der Waals surface area (Å²) in [6, 6.07) is 11.4. The summed E-state index contributed by atoms with van der Waals surface area (Å²) in [5, 5.41) is 6.65. The first-order valence-electron chi connectivity index (χ1n) is 7.44. The van der Waals surface area contributed by atoms with Gasteiger partial charge >= 0.3 is 0 Å². The monoisotopic (exact) mass is 332 g/mol. The third-order valence-corrected chi connectivity index (χ3v) is 3.77. The maximum Gasteiger partial charge on any atom is 0.226 e. The average Bonchev–Trinajstić information content (AvgIpc) is 2.51. The number of aryl methyl sites for hydroxylation is 2. The van der Waals surface area contributed by atoms with Gasteiger partial charge in [0.15, 0.2) is 0 Å². The summed E-state index contributed by atoms with van der Waals surface area (Å²) in [5.41, 5.74) is 3.67. The van der Waals surface area contributed by atoms with Crippen molar-refractivity contribution in [2.75, 3.05) is 24.3 Å². The number of nitrogens with one attached hydrogen (secondary N) is 2. The number of methoxy groups -OCH3 is 1. The second-order valence-corrected chi connectivity index (χ2v) is 5.80. The molecule has 2 rings (SSSR count). The normalized spacial score (nSPS) is 10.3. The van der Waals surface area contributed by atoms with Crippen LogP contribution in [0.25, 0.3) is 0 Å². The second kappa shape index (κ2) is 7.88. The summed E-state index contributed by atoms with van der Waals surface area (Å²) >= 11 is 6.20. The maximum atomic E-state index is 12.1. The molecule has 0 saturated heterocycles. The molecule has 0 atom stereocenters. The predicted octanol–water partition coefficient (Wildman–Crippen LogP) is 4.41. The summed E-state index contributed by atoms with van der Waals surface area (Å²) in [5.74, 6) is 0.734. The number of halogens is 1. The van der Waals surface area contributed by atoms with Crippen LogP contribution in [0.4, 0.5) is 11.4 Å². The van der Waals surface area contributed by atoms with E-state index in [1.807, 2.05) is 50.2 Å². The summed E-state index contributed by atoms with van der Waals surface area (Å²) in [7, 11) is 1.63. The van der Waals surface area contributed by atoms with Crippen molar-refractivity contribution in [3.05, 3.63) is 52.5 Å². The molecular formula is C18H21ClN2O2. The van der Waals surface area contributed by atoms with Crippen LogP contribution in [-0.4, -0.2) is 19.6 Å². The van der Waals surface area contributed by atoms with Crippen LogP contribution in [0, 0.1) is 13.8 Å². The van der Waals surface area contributed by atoms with E-state index in [4.69, 9.17) is 16.3 Å². The second-order valence-electron chi connectivity index (χ2n) is 5.39. The highest BCUT2D eigenvalue weighted by molar-refractivity contribution is 6.34. The van der Waals surface area contributed by atoms with Gasteiger partial charge in [-0.3, -0.25) is 4.79 Å². The van der Waals surface area contributed by atoms with Crippen molar-refractivity contribution in [2.24, 2.45) is 0 Å². The van der Waals surface area contributed by atoms with Crippen molar-refractivity contribution in [1.82, 2.24) is 0 Å². The van der Waals surface area contributed by atoms with E-state index in [9.17, 15) is 4.79 Å². The molecule has 0 bridgehead atoms. The molecule has 2 aromatic carbocycles. The number of carbonyl (C=O) groups excluding carboxylic acids is 1. The van der Waals surface area contributed by atoms with Gasteiger partial charge in [0.05, 0.1) is 17.8 Å². The Morgan fingerprint density at radius 1 is 1.17 bits per heavy atom. The Morgan fingerprint density at radius 2 is 1.87 bits per heavy atom. The molecular weight excluding hydrogens is 312 g/mol. The Morgan fingerprint density at radius 3 is 2.48 bits per heavy atom. The lowest BCUT2D eigenvalue weighted by Gasteiger charge is -2.12. The van der Waals surface area contributed by atoms with E-state index < -0.39 is 0 Å². The zero-order valence-electron chi connectivity index (χ0n) is 13.6. The fraction of sp³-hybridized carbons (Fsp3) is 0.278. The van der Waals surface area contributed by atoms with Crippen LogP contribution < -0.4 is 15.4 Å². The number of hydrogen-bond donors (Lipinski definition) is 2. The molecule has 23 heavy (non-hydrogen) atoms. The molecule has 5 heteroatoms. The largest absolute Gasteiger partial charge is 0.497 e. The highest BCUT2D eigenvalue weighted by Gasteiger charge is 2.09. The van der Waals surface area contributed by atoms with Gasteiger partial charge < -0.3 is 15.4 Å². The lowest BCUT2D eigenvalue weighted by atomic mass is 10.1.